The molecule has 0 aliphatic carbocycles. The molecule has 3 rings (SSSR count). The van der Waals surface area contributed by atoms with Gasteiger partial charge in [0.05, 0.1) is 17.5 Å². The molecule has 1 fully saturated rings. The molecular formula is C22H25BrN4O4. The minimum Gasteiger partial charge on any atom is -0.334 e. The van der Waals surface area contributed by atoms with Gasteiger partial charge in [0.1, 0.15) is 0 Å². The number of carbonyl (C=O) groups excluding carboxylic acids is 2. The maximum atomic E-state index is 12.8. The maximum absolute atomic E-state index is 12.8. The molecule has 0 bridgehead atoms. The topological polar surface area (TPSA) is 95.8 Å². The van der Waals surface area contributed by atoms with Gasteiger partial charge in [-0.3, -0.25) is 14.9 Å². The molecule has 3 amide bonds. The van der Waals surface area contributed by atoms with Crippen LogP contribution in [0.15, 0.2) is 53.0 Å². The van der Waals surface area contributed by atoms with Crippen LogP contribution in [-0.4, -0.2) is 46.3 Å². The monoisotopic (exact) mass is 488 g/mol. The lowest BCUT2D eigenvalue weighted by Crippen LogP contribution is -2.45. The van der Waals surface area contributed by atoms with Crippen LogP contribution in [0.25, 0.3) is 0 Å². The van der Waals surface area contributed by atoms with Crippen LogP contribution in [0, 0.1) is 10.1 Å². The van der Waals surface area contributed by atoms with E-state index in [9.17, 15) is 19.7 Å². The van der Waals surface area contributed by atoms with Gasteiger partial charge in [-0.1, -0.05) is 46.3 Å². The lowest BCUT2D eigenvalue weighted by molar-refractivity contribution is -0.384. The fourth-order valence-corrected chi connectivity index (χ4v) is 4.32. The number of nitro benzene ring substituents is 1. The van der Waals surface area contributed by atoms with E-state index in [1.807, 2.05) is 36.1 Å². The molecule has 0 aromatic heterocycles. The number of hydrogen-bond acceptors (Lipinski definition) is 4. The lowest BCUT2D eigenvalue weighted by Gasteiger charge is -2.27. The Labute approximate surface area is 189 Å². The number of nitro groups is 1. The average Bonchev–Trinajstić information content (AvgIpc) is 3.26. The summed E-state index contributed by atoms with van der Waals surface area (Å²) < 4.78 is 0.976. The molecule has 1 heterocycles. The van der Waals surface area contributed by atoms with E-state index in [0.717, 1.165) is 28.4 Å². The number of non-ortho nitro benzene ring substituents is 1. The van der Waals surface area contributed by atoms with Crippen LogP contribution in [0.4, 0.5) is 10.5 Å². The Bertz CT molecular complexity index is 951. The summed E-state index contributed by atoms with van der Waals surface area (Å²) in [6.45, 7) is 3.19. The Hall–Kier alpha value is -2.94. The Balaban J connectivity index is 1.57. The van der Waals surface area contributed by atoms with E-state index in [-0.39, 0.29) is 30.2 Å². The molecule has 0 saturated carbocycles. The first-order valence-corrected chi connectivity index (χ1v) is 11.0. The van der Waals surface area contributed by atoms with Gasteiger partial charge in [0.15, 0.2) is 0 Å². The van der Waals surface area contributed by atoms with Gasteiger partial charge in [0.2, 0.25) is 5.91 Å². The number of hydrogen-bond donors (Lipinski definition) is 1. The molecule has 9 heteroatoms. The maximum Gasteiger partial charge on any atom is 0.318 e. The second kappa shape index (κ2) is 10.4. The number of nitrogens with one attached hydrogen (secondary N) is 1. The first-order valence-electron chi connectivity index (χ1n) is 10.2. The van der Waals surface area contributed by atoms with Crippen molar-refractivity contribution in [3.63, 3.8) is 0 Å². The second-order valence-electron chi connectivity index (χ2n) is 7.36. The number of benzene rings is 2. The fourth-order valence-electron chi connectivity index (χ4n) is 3.77. The first-order chi connectivity index (χ1) is 14.9. The normalized spacial score (nSPS) is 15.5. The van der Waals surface area contributed by atoms with E-state index in [0.29, 0.717) is 19.6 Å². The van der Waals surface area contributed by atoms with Gasteiger partial charge in [0, 0.05) is 36.2 Å². The molecule has 1 aliphatic rings. The number of likely N-dealkylation sites (tertiary alicyclic amines) is 1. The van der Waals surface area contributed by atoms with Crippen LogP contribution in [0.5, 0.6) is 0 Å². The molecule has 0 spiro atoms. The molecule has 1 N–H and O–H groups in total. The molecule has 0 radical (unpaired) electrons. The van der Waals surface area contributed by atoms with E-state index in [1.165, 1.54) is 12.1 Å². The van der Waals surface area contributed by atoms with Gasteiger partial charge in [-0.15, -0.1) is 0 Å². The SMILES string of the molecule is CCN(Cc1ccc([N+](=O)[O-])cc1)C(=O)NCC(=O)N1CCCC1c1ccccc1Br. The van der Waals surface area contributed by atoms with Gasteiger partial charge < -0.3 is 15.1 Å². The number of nitrogens with zero attached hydrogens (tertiary/aromatic N) is 3. The molecule has 1 saturated heterocycles. The zero-order valence-corrected chi connectivity index (χ0v) is 18.9. The van der Waals surface area contributed by atoms with Crippen molar-refractivity contribution in [1.82, 2.24) is 15.1 Å². The smallest absolute Gasteiger partial charge is 0.318 e. The molecule has 1 atom stereocenters. The number of amides is 3. The summed E-state index contributed by atoms with van der Waals surface area (Å²) in [6.07, 6.45) is 1.82. The lowest BCUT2D eigenvalue weighted by atomic mass is 10.0. The van der Waals surface area contributed by atoms with Crippen LogP contribution in [-0.2, 0) is 11.3 Å². The Morgan fingerprint density at radius 3 is 2.58 bits per heavy atom. The predicted molar refractivity (Wildman–Crippen MR) is 120 cm³/mol. The molecule has 164 valence electrons. The van der Waals surface area contributed by atoms with E-state index in [2.05, 4.69) is 21.2 Å². The Morgan fingerprint density at radius 2 is 1.94 bits per heavy atom. The van der Waals surface area contributed by atoms with Crippen molar-refractivity contribution in [3.05, 3.63) is 74.2 Å². The highest BCUT2D eigenvalue weighted by Gasteiger charge is 2.31. The van der Waals surface area contributed by atoms with Crippen molar-refractivity contribution >= 4 is 33.6 Å². The molecule has 2 aromatic carbocycles. The third kappa shape index (κ3) is 5.61. The van der Waals surface area contributed by atoms with Crippen LogP contribution in [0.1, 0.15) is 36.9 Å². The molecule has 1 aliphatic heterocycles. The first kappa shape index (κ1) is 22.7. The van der Waals surface area contributed by atoms with Gasteiger partial charge in [-0.05, 0) is 37.0 Å². The van der Waals surface area contributed by atoms with Crippen molar-refractivity contribution in [2.24, 2.45) is 0 Å². The van der Waals surface area contributed by atoms with Crippen LogP contribution in [0.2, 0.25) is 0 Å². The van der Waals surface area contributed by atoms with Crippen molar-refractivity contribution in [1.29, 1.82) is 0 Å². The fraction of sp³-hybridized carbons (Fsp3) is 0.364. The standard InChI is InChI=1S/C22H25BrN4O4/c1-2-25(15-16-9-11-17(12-10-16)27(30)31)22(29)24-14-21(28)26-13-5-8-20(26)18-6-3-4-7-19(18)23/h3-4,6-7,9-12,20H,2,5,8,13-15H2,1H3,(H,24,29). The Kier molecular flexibility index (Phi) is 7.62. The number of urea groups is 1. The van der Waals surface area contributed by atoms with Gasteiger partial charge in [0.25, 0.3) is 5.69 Å². The number of rotatable bonds is 7. The van der Waals surface area contributed by atoms with E-state index in [4.69, 9.17) is 0 Å². The zero-order chi connectivity index (χ0) is 22.4. The highest BCUT2D eigenvalue weighted by molar-refractivity contribution is 9.10. The van der Waals surface area contributed by atoms with Crippen LogP contribution < -0.4 is 5.32 Å². The van der Waals surface area contributed by atoms with Crippen LogP contribution in [0.3, 0.4) is 0 Å². The van der Waals surface area contributed by atoms with Gasteiger partial charge in [-0.2, -0.15) is 0 Å². The predicted octanol–water partition coefficient (Wildman–Crippen LogP) is 4.25. The largest absolute Gasteiger partial charge is 0.334 e. The van der Waals surface area contributed by atoms with E-state index < -0.39 is 4.92 Å². The summed E-state index contributed by atoms with van der Waals surface area (Å²) in [7, 11) is 0. The minimum atomic E-state index is -0.459. The van der Waals surface area contributed by atoms with Crippen molar-refractivity contribution in [3.8, 4) is 0 Å². The molecular weight excluding hydrogens is 464 g/mol. The van der Waals surface area contributed by atoms with Crippen molar-refractivity contribution in [2.45, 2.75) is 32.4 Å². The highest BCUT2D eigenvalue weighted by Crippen LogP contribution is 2.35. The van der Waals surface area contributed by atoms with Crippen LogP contribution >= 0.6 is 15.9 Å². The summed E-state index contributed by atoms with van der Waals surface area (Å²) in [4.78, 5) is 39.1. The quantitative estimate of drug-likeness (QED) is 0.465. The second-order valence-corrected chi connectivity index (χ2v) is 8.22. The zero-order valence-electron chi connectivity index (χ0n) is 17.3. The van der Waals surface area contributed by atoms with E-state index >= 15 is 0 Å². The van der Waals surface area contributed by atoms with Crippen molar-refractivity contribution < 1.29 is 14.5 Å². The van der Waals surface area contributed by atoms with Crippen molar-refractivity contribution in [2.75, 3.05) is 19.6 Å². The van der Waals surface area contributed by atoms with Gasteiger partial charge in [-0.25, -0.2) is 4.79 Å². The summed E-state index contributed by atoms with van der Waals surface area (Å²) >= 11 is 3.57. The summed E-state index contributed by atoms with van der Waals surface area (Å²) in [5.41, 5.74) is 1.86. The third-order valence-corrected chi connectivity index (χ3v) is 6.14. The third-order valence-electron chi connectivity index (χ3n) is 5.42. The summed E-state index contributed by atoms with van der Waals surface area (Å²) in [5, 5.41) is 13.5. The van der Waals surface area contributed by atoms with Gasteiger partial charge >= 0.3 is 6.03 Å². The number of carbonyl (C=O) groups is 2. The minimum absolute atomic E-state index is 0.00219. The summed E-state index contributed by atoms with van der Waals surface area (Å²) in [5.74, 6) is -0.113. The Morgan fingerprint density at radius 1 is 1.23 bits per heavy atom. The van der Waals surface area contributed by atoms with E-state index in [1.54, 1.807) is 17.0 Å². The number of halogens is 1. The molecule has 31 heavy (non-hydrogen) atoms. The average molecular weight is 489 g/mol. The highest BCUT2D eigenvalue weighted by atomic mass is 79.9. The molecule has 8 nitrogen and oxygen atoms in total. The molecule has 1 unspecified atom stereocenters. The molecule has 2 aromatic rings. The summed E-state index contributed by atoms with van der Waals surface area (Å²) in [6, 6.07) is 13.6.